The first kappa shape index (κ1) is 15.5. The second-order valence-electron chi connectivity index (χ2n) is 5.32. The topological polar surface area (TPSA) is 45.2 Å². The Morgan fingerprint density at radius 2 is 2.11 bits per heavy atom. The molecule has 1 aromatic heterocycles. The molecule has 1 aromatic rings. The normalized spacial score (nSPS) is 12.3. The van der Waals surface area contributed by atoms with E-state index in [1.54, 1.807) is 17.2 Å². The van der Waals surface area contributed by atoms with Crippen molar-refractivity contribution in [2.45, 2.75) is 40.2 Å². The number of nitrogens with zero attached hydrogens (tertiary/aromatic N) is 2. The molecular weight excluding hydrogens is 238 g/mol. The smallest absolute Gasteiger partial charge is 0.257 e. The zero-order valence-electron chi connectivity index (χ0n) is 12.6. The van der Waals surface area contributed by atoms with Crippen LogP contribution in [-0.4, -0.2) is 35.4 Å². The number of hydrogen-bond donors (Lipinski definition) is 1. The van der Waals surface area contributed by atoms with E-state index in [-0.39, 0.29) is 11.9 Å². The first-order valence-corrected chi connectivity index (χ1v) is 6.93. The molecule has 19 heavy (non-hydrogen) atoms. The summed E-state index contributed by atoms with van der Waals surface area (Å²) in [5.41, 5.74) is 0.641. The van der Waals surface area contributed by atoms with Gasteiger partial charge < -0.3 is 10.2 Å². The van der Waals surface area contributed by atoms with Gasteiger partial charge in [-0.25, -0.2) is 4.98 Å². The molecule has 0 bridgehead atoms. The number of nitrogens with one attached hydrogen (secondary N) is 1. The average molecular weight is 263 g/mol. The third-order valence-corrected chi connectivity index (χ3v) is 3.18. The molecule has 1 atom stereocenters. The van der Waals surface area contributed by atoms with Gasteiger partial charge in [-0.3, -0.25) is 4.79 Å². The Balaban J connectivity index is 2.87. The molecule has 4 nitrogen and oxygen atoms in total. The fourth-order valence-electron chi connectivity index (χ4n) is 2.12. The minimum absolute atomic E-state index is 0.0252. The van der Waals surface area contributed by atoms with Gasteiger partial charge in [-0.05, 0) is 38.3 Å². The van der Waals surface area contributed by atoms with Crippen LogP contribution in [0.2, 0.25) is 0 Å². The fraction of sp³-hybridized carbons (Fsp3) is 0.600. The van der Waals surface area contributed by atoms with Gasteiger partial charge in [0.15, 0.2) is 0 Å². The largest absolute Gasteiger partial charge is 0.370 e. The number of hydrogen-bond acceptors (Lipinski definition) is 3. The standard InChI is InChI=1S/C15H25N3O/c1-6-16-14-13(8-7-9-17-14)15(19)18(5)12(4)10-11(2)3/h7-9,11-12H,6,10H2,1-5H3,(H,16,17). The highest BCUT2D eigenvalue weighted by molar-refractivity contribution is 5.98. The SMILES string of the molecule is CCNc1ncccc1C(=O)N(C)C(C)CC(C)C. The van der Waals surface area contributed by atoms with Crippen molar-refractivity contribution >= 4 is 11.7 Å². The molecule has 1 amide bonds. The Hall–Kier alpha value is -1.58. The van der Waals surface area contributed by atoms with Crippen LogP contribution in [0, 0.1) is 5.92 Å². The Labute approximate surface area is 116 Å². The monoisotopic (exact) mass is 263 g/mol. The molecular formula is C15H25N3O. The number of carbonyl (C=O) groups is 1. The van der Waals surface area contributed by atoms with Gasteiger partial charge in [0.25, 0.3) is 5.91 Å². The quantitative estimate of drug-likeness (QED) is 0.858. The average Bonchev–Trinajstić information content (AvgIpc) is 2.37. The summed E-state index contributed by atoms with van der Waals surface area (Å²) in [5, 5.41) is 3.13. The third kappa shape index (κ3) is 4.23. The second-order valence-corrected chi connectivity index (χ2v) is 5.32. The van der Waals surface area contributed by atoms with E-state index in [0.717, 1.165) is 13.0 Å². The number of aromatic nitrogens is 1. The summed E-state index contributed by atoms with van der Waals surface area (Å²) < 4.78 is 0. The van der Waals surface area contributed by atoms with Crippen LogP contribution >= 0.6 is 0 Å². The maximum absolute atomic E-state index is 12.5. The first-order chi connectivity index (χ1) is 8.97. The van der Waals surface area contributed by atoms with E-state index in [1.807, 2.05) is 20.0 Å². The lowest BCUT2D eigenvalue weighted by Crippen LogP contribution is -2.36. The van der Waals surface area contributed by atoms with Gasteiger partial charge >= 0.3 is 0 Å². The molecule has 1 rings (SSSR count). The molecule has 1 heterocycles. The van der Waals surface area contributed by atoms with Crippen LogP contribution in [0.1, 0.15) is 44.5 Å². The van der Waals surface area contributed by atoms with E-state index in [2.05, 4.69) is 31.1 Å². The van der Waals surface area contributed by atoms with E-state index in [4.69, 9.17) is 0 Å². The zero-order valence-corrected chi connectivity index (χ0v) is 12.6. The van der Waals surface area contributed by atoms with Crippen molar-refractivity contribution in [3.63, 3.8) is 0 Å². The van der Waals surface area contributed by atoms with Gasteiger partial charge in [0.05, 0.1) is 5.56 Å². The maximum atomic E-state index is 12.5. The van der Waals surface area contributed by atoms with E-state index < -0.39 is 0 Å². The number of rotatable bonds is 6. The van der Waals surface area contributed by atoms with E-state index in [9.17, 15) is 4.79 Å². The van der Waals surface area contributed by atoms with Crippen molar-refractivity contribution < 1.29 is 4.79 Å². The Morgan fingerprint density at radius 1 is 1.42 bits per heavy atom. The van der Waals surface area contributed by atoms with Crippen LogP contribution in [0.4, 0.5) is 5.82 Å². The van der Waals surface area contributed by atoms with Gasteiger partial charge in [-0.2, -0.15) is 0 Å². The first-order valence-electron chi connectivity index (χ1n) is 6.93. The predicted octanol–water partition coefficient (Wildman–Crippen LogP) is 3.02. The lowest BCUT2D eigenvalue weighted by atomic mass is 10.0. The highest BCUT2D eigenvalue weighted by Crippen LogP contribution is 2.17. The molecule has 106 valence electrons. The molecule has 0 aromatic carbocycles. The lowest BCUT2D eigenvalue weighted by Gasteiger charge is -2.27. The van der Waals surface area contributed by atoms with Gasteiger partial charge in [0, 0.05) is 25.8 Å². The molecule has 0 aliphatic carbocycles. The molecule has 1 unspecified atom stereocenters. The molecule has 0 saturated heterocycles. The van der Waals surface area contributed by atoms with Crippen molar-refractivity contribution in [2.24, 2.45) is 5.92 Å². The summed E-state index contributed by atoms with van der Waals surface area (Å²) in [6.45, 7) is 9.17. The highest BCUT2D eigenvalue weighted by Gasteiger charge is 2.20. The summed E-state index contributed by atoms with van der Waals surface area (Å²) in [4.78, 5) is 18.5. The van der Waals surface area contributed by atoms with Crippen molar-refractivity contribution in [2.75, 3.05) is 18.9 Å². The van der Waals surface area contributed by atoms with Crippen LogP contribution in [0.15, 0.2) is 18.3 Å². The molecule has 1 N–H and O–H groups in total. The number of carbonyl (C=O) groups excluding carboxylic acids is 1. The summed E-state index contributed by atoms with van der Waals surface area (Å²) in [6.07, 6.45) is 2.70. The van der Waals surface area contributed by atoms with E-state index in [1.165, 1.54) is 0 Å². The zero-order chi connectivity index (χ0) is 14.4. The van der Waals surface area contributed by atoms with Gasteiger partial charge in [-0.1, -0.05) is 13.8 Å². The van der Waals surface area contributed by atoms with E-state index >= 15 is 0 Å². The molecule has 0 aliphatic rings. The fourth-order valence-corrected chi connectivity index (χ4v) is 2.12. The van der Waals surface area contributed by atoms with Crippen LogP contribution in [0.5, 0.6) is 0 Å². The molecule has 0 spiro atoms. The van der Waals surface area contributed by atoms with Crippen molar-refractivity contribution in [3.8, 4) is 0 Å². The summed E-state index contributed by atoms with van der Waals surface area (Å²) in [7, 11) is 1.86. The number of anilines is 1. The molecule has 0 saturated carbocycles. The van der Waals surface area contributed by atoms with E-state index in [0.29, 0.717) is 17.3 Å². The number of amides is 1. The highest BCUT2D eigenvalue weighted by atomic mass is 16.2. The van der Waals surface area contributed by atoms with Gasteiger partial charge in [-0.15, -0.1) is 0 Å². The van der Waals surface area contributed by atoms with Gasteiger partial charge in [0.2, 0.25) is 0 Å². The van der Waals surface area contributed by atoms with Crippen LogP contribution < -0.4 is 5.32 Å². The maximum Gasteiger partial charge on any atom is 0.257 e. The Bertz CT molecular complexity index is 418. The Kier molecular flexibility index (Phi) is 5.80. The van der Waals surface area contributed by atoms with Crippen molar-refractivity contribution in [1.29, 1.82) is 0 Å². The summed E-state index contributed by atoms with van der Waals surface area (Å²) in [5.74, 6) is 1.27. The second kappa shape index (κ2) is 7.12. The van der Waals surface area contributed by atoms with Crippen molar-refractivity contribution in [1.82, 2.24) is 9.88 Å². The minimum atomic E-state index is 0.0252. The third-order valence-electron chi connectivity index (χ3n) is 3.18. The molecule has 4 heteroatoms. The predicted molar refractivity (Wildman–Crippen MR) is 79.4 cm³/mol. The molecule has 0 radical (unpaired) electrons. The van der Waals surface area contributed by atoms with Crippen LogP contribution in [-0.2, 0) is 0 Å². The summed E-state index contributed by atoms with van der Waals surface area (Å²) >= 11 is 0. The lowest BCUT2D eigenvalue weighted by molar-refractivity contribution is 0.0729. The number of pyridine rings is 1. The van der Waals surface area contributed by atoms with Crippen molar-refractivity contribution in [3.05, 3.63) is 23.9 Å². The molecule has 0 fully saturated rings. The van der Waals surface area contributed by atoms with Gasteiger partial charge in [0.1, 0.15) is 5.82 Å². The van der Waals surface area contributed by atoms with Crippen LogP contribution in [0.3, 0.4) is 0 Å². The van der Waals surface area contributed by atoms with Crippen LogP contribution in [0.25, 0.3) is 0 Å². The minimum Gasteiger partial charge on any atom is -0.370 e. The summed E-state index contributed by atoms with van der Waals surface area (Å²) in [6, 6.07) is 3.85. The Morgan fingerprint density at radius 3 is 2.68 bits per heavy atom. The molecule has 0 aliphatic heterocycles.